The van der Waals surface area contributed by atoms with Crippen molar-refractivity contribution in [3.05, 3.63) is 41.7 Å². The molecule has 0 aromatic carbocycles. The number of nitrogens with one attached hydrogen (secondary N) is 2. The molecule has 0 aliphatic rings. The molecule has 3 aromatic rings. The molecule has 3 aromatic heterocycles. The number of imidazole rings is 1. The van der Waals surface area contributed by atoms with Crippen LogP contribution < -0.4 is 4.72 Å². The minimum absolute atomic E-state index is 0.0151. The molecule has 0 bridgehead atoms. The van der Waals surface area contributed by atoms with Crippen LogP contribution in [0.2, 0.25) is 5.15 Å². The van der Waals surface area contributed by atoms with Gasteiger partial charge in [0.1, 0.15) is 17.8 Å². The van der Waals surface area contributed by atoms with E-state index < -0.39 is 10.0 Å². The van der Waals surface area contributed by atoms with Gasteiger partial charge in [-0.1, -0.05) is 17.7 Å². The molecule has 0 saturated carbocycles. The normalized spacial score (nSPS) is 12.1. The maximum atomic E-state index is 12.3. The van der Waals surface area contributed by atoms with Gasteiger partial charge in [-0.2, -0.15) is 5.10 Å². The highest BCUT2D eigenvalue weighted by molar-refractivity contribution is 7.89. The van der Waals surface area contributed by atoms with Crippen LogP contribution in [0.25, 0.3) is 5.65 Å². The van der Waals surface area contributed by atoms with E-state index in [4.69, 9.17) is 11.6 Å². The van der Waals surface area contributed by atoms with Crippen molar-refractivity contribution in [3.8, 4) is 0 Å². The second kappa shape index (κ2) is 4.85. The Morgan fingerprint density at radius 1 is 1.40 bits per heavy atom. The second-order valence-corrected chi connectivity index (χ2v) is 5.93. The molecule has 0 atom stereocenters. The van der Waals surface area contributed by atoms with Crippen molar-refractivity contribution in [2.75, 3.05) is 0 Å². The Kier molecular flexibility index (Phi) is 3.16. The Hall–Kier alpha value is -1.97. The topological polar surface area (TPSA) is 105 Å². The fourth-order valence-electron chi connectivity index (χ4n) is 1.73. The van der Waals surface area contributed by atoms with Crippen LogP contribution in [0.15, 0.2) is 35.7 Å². The summed E-state index contributed by atoms with van der Waals surface area (Å²) in [6.45, 7) is -0.0151. The van der Waals surface area contributed by atoms with Gasteiger partial charge < -0.3 is 0 Å². The lowest BCUT2D eigenvalue weighted by molar-refractivity contribution is 0.574. The molecule has 0 saturated heterocycles. The highest BCUT2D eigenvalue weighted by Crippen LogP contribution is 2.22. The van der Waals surface area contributed by atoms with Crippen LogP contribution >= 0.6 is 11.6 Å². The molecule has 0 amide bonds. The van der Waals surface area contributed by atoms with Gasteiger partial charge in [-0.25, -0.2) is 23.1 Å². The summed E-state index contributed by atoms with van der Waals surface area (Å²) in [6.07, 6.45) is 2.88. The highest BCUT2D eigenvalue weighted by atomic mass is 35.5. The van der Waals surface area contributed by atoms with Gasteiger partial charge in [0, 0.05) is 6.20 Å². The van der Waals surface area contributed by atoms with E-state index in [9.17, 15) is 8.42 Å². The van der Waals surface area contributed by atoms with Crippen molar-refractivity contribution in [3.63, 3.8) is 0 Å². The van der Waals surface area contributed by atoms with Crippen molar-refractivity contribution < 1.29 is 8.42 Å². The van der Waals surface area contributed by atoms with Gasteiger partial charge in [-0.15, -0.1) is 0 Å². The Bertz CT molecular complexity index is 842. The minimum Gasteiger partial charge on any atom is -0.288 e. The van der Waals surface area contributed by atoms with E-state index in [0.29, 0.717) is 11.5 Å². The molecular weight excluding hydrogens is 304 g/mol. The number of halogens is 1. The molecule has 8 nitrogen and oxygen atoms in total. The Labute approximate surface area is 118 Å². The van der Waals surface area contributed by atoms with Crippen molar-refractivity contribution in [2.24, 2.45) is 0 Å². The lowest BCUT2D eigenvalue weighted by Crippen LogP contribution is -2.25. The zero-order valence-corrected chi connectivity index (χ0v) is 11.6. The maximum Gasteiger partial charge on any atom is 0.260 e. The smallest absolute Gasteiger partial charge is 0.260 e. The average molecular weight is 313 g/mol. The van der Waals surface area contributed by atoms with E-state index in [2.05, 4.69) is 24.9 Å². The molecule has 20 heavy (non-hydrogen) atoms. The summed E-state index contributed by atoms with van der Waals surface area (Å²) in [4.78, 5) is 7.83. The van der Waals surface area contributed by atoms with Crippen LogP contribution in [0.5, 0.6) is 0 Å². The molecule has 2 N–H and O–H groups in total. The summed E-state index contributed by atoms with van der Waals surface area (Å²) >= 11 is 5.93. The second-order valence-electron chi connectivity index (χ2n) is 3.89. The number of aromatic amines is 1. The van der Waals surface area contributed by atoms with E-state index in [-0.39, 0.29) is 16.7 Å². The summed E-state index contributed by atoms with van der Waals surface area (Å²) in [5.41, 5.74) is 0.456. The molecule has 3 rings (SSSR count). The molecule has 0 fully saturated rings. The average Bonchev–Trinajstić information content (AvgIpc) is 3.02. The number of nitrogens with zero attached hydrogens (tertiary/aromatic N) is 4. The summed E-state index contributed by atoms with van der Waals surface area (Å²) in [5, 5.41) is 6.02. The summed E-state index contributed by atoms with van der Waals surface area (Å²) < 4.78 is 28.4. The van der Waals surface area contributed by atoms with Crippen LogP contribution in [0.4, 0.5) is 0 Å². The number of fused-ring (bicyclic) bond motifs is 1. The SMILES string of the molecule is O=S(=O)(NCc1ncn[nH]1)c1c(Cl)nc2ccccn12. The largest absolute Gasteiger partial charge is 0.288 e. The van der Waals surface area contributed by atoms with Gasteiger partial charge in [0.25, 0.3) is 10.0 Å². The lowest BCUT2D eigenvalue weighted by atomic mass is 10.5. The van der Waals surface area contributed by atoms with E-state index in [1.807, 2.05) is 0 Å². The summed E-state index contributed by atoms with van der Waals surface area (Å²) in [6, 6.07) is 5.11. The Morgan fingerprint density at radius 3 is 3.00 bits per heavy atom. The van der Waals surface area contributed by atoms with Crippen LogP contribution in [0, 0.1) is 0 Å². The Morgan fingerprint density at radius 2 is 2.25 bits per heavy atom. The van der Waals surface area contributed by atoms with Gasteiger partial charge >= 0.3 is 0 Å². The van der Waals surface area contributed by atoms with E-state index in [1.165, 1.54) is 10.7 Å². The first-order chi connectivity index (χ1) is 9.58. The fourth-order valence-corrected chi connectivity index (χ4v) is 3.36. The number of hydrogen-bond donors (Lipinski definition) is 2. The molecular formula is C10H9ClN6O2S. The van der Waals surface area contributed by atoms with E-state index in [1.54, 1.807) is 24.4 Å². The third kappa shape index (κ3) is 2.26. The molecule has 0 spiro atoms. The van der Waals surface area contributed by atoms with Crippen molar-refractivity contribution >= 4 is 27.3 Å². The maximum absolute atomic E-state index is 12.3. The third-order valence-electron chi connectivity index (χ3n) is 2.60. The molecule has 10 heteroatoms. The van der Waals surface area contributed by atoms with Gasteiger partial charge in [0.05, 0.1) is 6.54 Å². The van der Waals surface area contributed by atoms with E-state index >= 15 is 0 Å². The molecule has 104 valence electrons. The molecule has 0 radical (unpaired) electrons. The predicted octanol–water partition coefficient (Wildman–Crippen LogP) is 0.584. The first-order valence-electron chi connectivity index (χ1n) is 5.54. The van der Waals surface area contributed by atoms with Crippen LogP contribution in [-0.2, 0) is 16.6 Å². The number of pyridine rings is 1. The van der Waals surface area contributed by atoms with Crippen LogP contribution in [0.1, 0.15) is 5.82 Å². The van der Waals surface area contributed by atoms with Gasteiger partial charge in [-0.05, 0) is 12.1 Å². The monoisotopic (exact) mass is 312 g/mol. The number of sulfonamides is 1. The predicted molar refractivity (Wildman–Crippen MR) is 70.6 cm³/mol. The highest BCUT2D eigenvalue weighted by Gasteiger charge is 2.24. The number of aromatic nitrogens is 5. The standard InChI is InChI=1S/C10H9ClN6O2S/c11-9-10(17-4-2-1-3-8(17)15-9)20(18,19)14-5-7-12-6-13-16-7/h1-4,6,14H,5H2,(H,12,13,16). The fraction of sp³-hybridized carbons (Fsp3) is 0.100. The number of rotatable bonds is 4. The van der Waals surface area contributed by atoms with Gasteiger partial charge in [0.2, 0.25) is 0 Å². The Balaban J connectivity index is 1.98. The summed E-state index contributed by atoms with van der Waals surface area (Å²) in [5.74, 6) is 0.401. The zero-order chi connectivity index (χ0) is 14.2. The van der Waals surface area contributed by atoms with Crippen molar-refractivity contribution in [1.29, 1.82) is 0 Å². The number of H-pyrrole nitrogens is 1. The molecule has 0 aliphatic heterocycles. The lowest BCUT2D eigenvalue weighted by Gasteiger charge is -2.05. The van der Waals surface area contributed by atoms with Gasteiger partial charge in [-0.3, -0.25) is 9.50 Å². The van der Waals surface area contributed by atoms with Gasteiger partial charge in [0.15, 0.2) is 10.2 Å². The first-order valence-corrected chi connectivity index (χ1v) is 7.40. The van der Waals surface area contributed by atoms with Crippen molar-refractivity contribution in [2.45, 2.75) is 11.6 Å². The molecule has 0 aliphatic carbocycles. The van der Waals surface area contributed by atoms with Crippen molar-refractivity contribution in [1.82, 2.24) is 29.3 Å². The molecule has 0 unspecified atom stereocenters. The zero-order valence-electron chi connectivity index (χ0n) is 9.99. The number of hydrogen-bond acceptors (Lipinski definition) is 5. The molecule has 3 heterocycles. The summed E-state index contributed by atoms with van der Waals surface area (Å²) in [7, 11) is -3.82. The van der Waals surface area contributed by atoms with Crippen LogP contribution in [-0.4, -0.2) is 33.0 Å². The van der Waals surface area contributed by atoms with Crippen LogP contribution in [0.3, 0.4) is 0 Å². The van der Waals surface area contributed by atoms with E-state index in [0.717, 1.165) is 0 Å². The first kappa shape index (κ1) is 13.0. The third-order valence-corrected chi connectivity index (χ3v) is 4.39. The minimum atomic E-state index is -3.82. The quantitative estimate of drug-likeness (QED) is 0.733.